The third-order valence-corrected chi connectivity index (χ3v) is 4.15. The molecule has 0 aliphatic carbocycles. The summed E-state index contributed by atoms with van der Waals surface area (Å²) in [5.41, 5.74) is 2.66. The van der Waals surface area contributed by atoms with Gasteiger partial charge in [-0.1, -0.05) is 23.7 Å². The maximum atomic E-state index is 12.2. The summed E-state index contributed by atoms with van der Waals surface area (Å²) < 4.78 is 16.7. The molecule has 2 aromatic carbocycles. The van der Waals surface area contributed by atoms with Crippen LogP contribution < -0.4 is 19.5 Å². The van der Waals surface area contributed by atoms with E-state index in [1.165, 1.54) is 0 Å². The zero-order valence-electron chi connectivity index (χ0n) is 14.2. The Morgan fingerprint density at radius 2 is 1.88 bits per heavy atom. The lowest BCUT2D eigenvalue weighted by Gasteiger charge is -2.20. The lowest BCUT2D eigenvalue weighted by atomic mass is 10.1. The van der Waals surface area contributed by atoms with Crippen molar-refractivity contribution < 1.29 is 19.0 Å². The predicted molar refractivity (Wildman–Crippen MR) is 97.1 cm³/mol. The molecule has 0 bridgehead atoms. The van der Waals surface area contributed by atoms with Crippen LogP contribution in [-0.2, 0) is 4.79 Å². The first-order chi connectivity index (χ1) is 12.0. The summed E-state index contributed by atoms with van der Waals surface area (Å²) in [7, 11) is 0. The van der Waals surface area contributed by atoms with E-state index in [9.17, 15) is 4.79 Å². The minimum Gasteiger partial charge on any atom is -0.493 e. The third-order valence-electron chi connectivity index (χ3n) is 3.84. The van der Waals surface area contributed by atoms with Gasteiger partial charge in [-0.15, -0.1) is 0 Å². The minimum atomic E-state index is -0.177. The Balaban J connectivity index is 1.57. The molecule has 2 aromatic rings. The van der Waals surface area contributed by atoms with Crippen LogP contribution in [0.4, 0.5) is 5.69 Å². The highest BCUT2D eigenvalue weighted by atomic mass is 35.5. The highest BCUT2D eigenvalue weighted by Crippen LogP contribution is 2.37. The lowest BCUT2D eigenvalue weighted by Crippen LogP contribution is -2.18. The maximum absolute atomic E-state index is 12.2. The van der Waals surface area contributed by atoms with Gasteiger partial charge in [0.05, 0.1) is 23.7 Å². The summed E-state index contributed by atoms with van der Waals surface area (Å²) in [5, 5.41) is 3.20. The summed E-state index contributed by atoms with van der Waals surface area (Å²) in [6.07, 6.45) is 0.220. The standard InChI is InChI=1S/C19H20ClNO4/c1-12-3-4-13(2)16(9-12)23-6-5-19(22)21-15-11-18-17(10-14(15)20)24-7-8-25-18/h3-4,9-11H,5-8H2,1-2H3,(H,21,22). The summed E-state index contributed by atoms with van der Waals surface area (Å²) in [5.74, 6) is 1.79. The molecule has 0 atom stereocenters. The van der Waals surface area contributed by atoms with Crippen molar-refractivity contribution in [1.82, 2.24) is 0 Å². The molecule has 0 fully saturated rings. The number of ether oxygens (including phenoxy) is 3. The van der Waals surface area contributed by atoms with E-state index in [0.717, 1.165) is 16.9 Å². The second-order valence-electron chi connectivity index (χ2n) is 5.89. The van der Waals surface area contributed by atoms with Gasteiger partial charge in [0.2, 0.25) is 5.91 Å². The Bertz CT molecular complexity index is 791. The SMILES string of the molecule is Cc1ccc(C)c(OCCC(=O)Nc2cc3c(cc2Cl)OCCO3)c1. The van der Waals surface area contributed by atoms with Crippen LogP contribution in [0, 0.1) is 13.8 Å². The molecule has 0 unspecified atom stereocenters. The lowest BCUT2D eigenvalue weighted by molar-refractivity contribution is -0.116. The highest BCUT2D eigenvalue weighted by Gasteiger charge is 2.16. The number of rotatable bonds is 5. The Morgan fingerprint density at radius 3 is 2.64 bits per heavy atom. The van der Waals surface area contributed by atoms with Gasteiger partial charge in [0.1, 0.15) is 19.0 Å². The molecule has 1 heterocycles. The number of aryl methyl sites for hydroxylation is 2. The van der Waals surface area contributed by atoms with Crippen molar-refractivity contribution in [2.45, 2.75) is 20.3 Å². The Labute approximate surface area is 151 Å². The quantitative estimate of drug-likeness (QED) is 0.869. The molecule has 0 aromatic heterocycles. The van der Waals surface area contributed by atoms with E-state index in [-0.39, 0.29) is 18.9 Å². The van der Waals surface area contributed by atoms with Gasteiger partial charge < -0.3 is 19.5 Å². The first kappa shape index (κ1) is 17.4. The maximum Gasteiger partial charge on any atom is 0.227 e. The molecule has 6 heteroatoms. The number of amides is 1. The van der Waals surface area contributed by atoms with Gasteiger partial charge in [0, 0.05) is 12.1 Å². The van der Waals surface area contributed by atoms with Crippen molar-refractivity contribution in [3.05, 3.63) is 46.5 Å². The van der Waals surface area contributed by atoms with Crippen LogP contribution in [0.25, 0.3) is 0 Å². The zero-order valence-corrected chi connectivity index (χ0v) is 15.0. The second-order valence-corrected chi connectivity index (χ2v) is 6.30. The fourth-order valence-electron chi connectivity index (χ4n) is 2.49. The van der Waals surface area contributed by atoms with Crippen molar-refractivity contribution in [2.75, 3.05) is 25.1 Å². The highest BCUT2D eigenvalue weighted by molar-refractivity contribution is 6.34. The van der Waals surface area contributed by atoms with Crippen molar-refractivity contribution >= 4 is 23.2 Å². The number of fused-ring (bicyclic) bond motifs is 1. The largest absolute Gasteiger partial charge is 0.493 e. The molecule has 0 radical (unpaired) electrons. The molecule has 3 rings (SSSR count). The summed E-state index contributed by atoms with van der Waals surface area (Å²) in [4.78, 5) is 12.2. The predicted octanol–water partition coefficient (Wildman–Crippen LogP) is 4.14. The third kappa shape index (κ3) is 4.37. The first-order valence-corrected chi connectivity index (χ1v) is 8.50. The number of hydrogen-bond acceptors (Lipinski definition) is 4. The molecular formula is C19H20ClNO4. The summed E-state index contributed by atoms with van der Waals surface area (Å²) in [6, 6.07) is 9.32. The van der Waals surface area contributed by atoms with Gasteiger partial charge in [0.25, 0.3) is 0 Å². The van der Waals surface area contributed by atoms with Crippen LogP contribution in [0.1, 0.15) is 17.5 Å². The van der Waals surface area contributed by atoms with E-state index in [0.29, 0.717) is 35.4 Å². The van der Waals surface area contributed by atoms with Gasteiger partial charge in [-0.2, -0.15) is 0 Å². The molecule has 132 valence electrons. The molecule has 0 saturated carbocycles. The topological polar surface area (TPSA) is 56.8 Å². The van der Waals surface area contributed by atoms with Gasteiger partial charge in [0.15, 0.2) is 11.5 Å². The fraction of sp³-hybridized carbons (Fsp3) is 0.316. The molecule has 1 aliphatic heterocycles. The van der Waals surface area contributed by atoms with Crippen LogP contribution in [0.2, 0.25) is 5.02 Å². The number of hydrogen-bond donors (Lipinski definition) is 1. The Hall–Kier alpha value is -2.40. The average molecular weight is 362 g/mol. The first-order valence-electron chi connectivity index (χ1n) is 8.12. The number of carbonyl (C=O) groups is 1. The average Bonchev–Trinajstić information content (AvgIpc) is 2.58. The van der Waals surface area contributed by atoms with Crippen LogP contribution in [0.15, 0.2) is 30.3 Å². The minimum absolute atomic E-state index is 0.177. The van der Waals surface area contributed by atoms with Crippen LogP contribution >= 0.6 is 11.6 Å². The molecule has 1 N–H and O–H groups in total. The van der Waals surface area contributed by atoms with E-state index in [1.54, 1.807) is 12.1 Å². The Kier molecular flexibility index (Phi) is 5.34. The number of benzene rings is 2. The second kappa shape index (κ2) is 7.66. The molecule has 0 saturated heterocycles. The van der Waals surface area contributed by atoms with E-state index in [2.05, 4.69) is 5.32 Å². The molecule has 1 aliphatic rings. The van der Waals surface area contributed by atoms with Crippen molar-refractivity contribution in [3.63, 3.8) is 0 Å². The van der Waals surface area contributed by atoms with Gasteiger partial charge in [-0.3, -0.25) is 4.79 Å². The van der Waals surface area contributed by atoms with Crippen LogP contribution in [0.3, 0.4) is 0 Å². The van der Waals surface area contributed by atoms with Crippen LogP contribution in [-0.4, -0.2) is 25.7 Å². The number of halogens is 1. The van der Waals surface area contributed by atoms with Gasteiger partial charge >= 0.3 is 0 Å². The fourth-order valence-corrected chi connectivity index (χ4v) is 2.69. The number of anilines is 1. The van der Waals surface area contributed by atoms with E-state index >= 15 is 0 Å². The zero-order chi connectivity index (χ0) is 17.8. The van der Waals surface area contributed by atoms with Gasteiger partial charge in [-0.05, 0) is 31.0 Å². The number of nitrogens with one attached hydrogen (secondary N) is 1. The summed E-state index contributed by atoms with van der Waals surface area (Å²) >= 11 is 6.19. The van der Waals surface area contributed by atoms with Gasteiger partial charge in [-0.25, -0.2) is 0 Å². The van der Waals surface area contributed by atoms with Crippen molar-refractivity contribution in [3.8, 4) is 17.2 Å². The molecule has 25 heavy (non-hydrogen) atoms. The molecule has 0 spiro atoms. The molecule has 5 nitrogen and oxygen atoms in total. The van der Waals surface area contributed by atoms with E-state index in [1.807, 2.05) is 32.0 Å². The van der Waals surface area contributed by atoms with Crippen molar-refractivity contribution in [1.29, 1.82) is 0 Å². The number of carbonyl (C=O) groups excluding carboxylic acids is 1. The Morgan fingerprint density at radius 1 is 1.16 bits per heavy atom. The van der Waals surface area contributed by atoms with Crippen molar-refractivity contribution in [2.24, 2.45) is 0 Å². The monoisotopic (exact) mass is 361 g/mol. The molecular weight excluding hydrogens is 342 g/mol. The molecule has 1 amide bonds. The van der Waals surface area contributed by atoms with E-state index in [4.69, 9.17) is 25.8 Å². The normalized spacial score (nSPS) is 12.6. The van der Waals surface area contributed by atoms with Crippen LogP contribution in [0.5, 0.6) is 17.2 Å². The summed E-state index contributed by atoms with van der Waals surface area (Å²) in [6.45, 7) is 5.24. The van der Waals surface area contributed by atoms with E-state index < -0.39 is 0 Å². The smallest absolute Gasteiger partial charge is 0.227 e.